The van der Waals surface area contributed by atoms with E-state index >= 15 is 0 Å². The lowest BCUT2D eigenvalue weighted by atomic mass is 10.1. The van der Waals surface area contributed by atoms with E-state index in [0.717, 1.165) is 18.7 Å². The van der Waals surface area contributed by atoms with E-state index in [1.165, 1.54) is 25.7 Å². The van der Waals surface area contributed by atoms with Crippen LogP contribution in [0.15, 0.2) is 24.3 Å². The number of hydrogen-bond acceptors (Lipinski definition) is 2. The molecule has 1 saturated heterocycles. The van der Waals surface area contributed by atoms with Crippen LogP contribution in [0.25, 0.3) is 0 Å². The molecular formula is C14H20ClNO. The van der Waals surface area contributed by atoms with Gasteiger partial charge in [0, 0.05) is 17.1 Å². The standard InChI is InChI=1S/C14H20ClNO/c15-13-8-4-3-7-12(13)14(17)11-16-9-5-1-2-6-10-16/h3-4,7-8,14,17H,1-2,5-6,9-11H2. The number of nitrogens with zero attached hydrogens (tertiary/aromatic N) is 1. The Bertz CT molecular complexity index is 348. The molecule has 2 nitrogen and oxygen atoms in total. The van der Waals surface area contributed by atoms with E-state index in [-0.39, 0.29) is 0 Å². The molecule has 1 aliphatic heterocycles. The summed E-state index contributed by atoms with van der Waals surface area (Å²) >= 11 is 6.09. The summed E-state index contributed by atoms with van der Waals surface area (Å²) in [5, 5.41) is 10.9. The van der Waals surface area contributed by atoms with E-state index in [2.05, 4.69) is 4.90 Å². The van der Waals surface area contributed by atoms with Gasteiger partial charge in [-0.3, -0.25) is 0 Å². The van der Waals surface area contributed by atoms with Gasteiger partial charge in [-0.1, -0.05) is 42.6 Å². The lowest BCUT2D eigenvalue weighted by Gasteiger charge is -2.23. The summed E-state index contributed by atoms with van der Waals surface area (Å²) in [6.45, 7) is 2.90. The first kappa shape index (κ1) is 12.9. The first-order valence-corrected chi connectivity index (χ1v) is 6.80. The van der Waals surface area contributed by atoms with Crippen molar-refractivity contribution >= 4 is 11.6 Å². The molecule has 94 valence electrons. The van der Waals surface area contributed by atoms with Gasteiger partial charge in [-0.15, -0.1) is 0 Å². The van der Waals surface area contributed by atoms with E-state index in [0.29, 0.717) is 11.6 Å². The number of aliphatic hydroxyl groups is 1. The second-order valence-electron chi connectivity index (χ2n) is 4.75. The average molecular weight is 254 g/mol. The van der Waals surface area contributed by atoms with Gasteiger partial charge in [-0.25, -0.2) is 0 Å². The highest BCUT2D eigenvalue weighted by atomic mass is 35.5. The lowest BCUT2D eigenvalue weighted by Crippen LogP contribution is -2.29. The van der Waals surface area contributed by atoms with Gasteiger partial charge in [0.2, 0.25) is 0 Å². The minimum atomic E-state index is -0.471. The second-order valence-corrected chi connectivity index (χ2v) is 5.16. The van der Waals surface area contributed by atoms with Gasteiger partial charge in [0.25, 0.3) is 0 Å². The Balaban J connectivity index is 1.96. The maximum Gasteiger partial charge on any atom is 0.0931 e. The summed E-state index contributed by atoms with van der Waals surface area (Å²) in [4.78, 5) is 2.35. The monoisotopic (exact) mass is 253 g/mol. The Labute approximate surface area is 108 Å². The van der Waals surface area contributed by atoms with Crippen molar-refractivity contribution in [3.63, 3.8) is 0 Å². The Morgan fingerprint density at radius 1 is 1.12 bits per heavy atom. The van der Waals surface area contributed by atoms with Crippen LogP contribution in [0.1, 0.15) is 37.4 Å². The fraction of sp³-hybridized carbons (Fsp3) is 0.571. The zero-order valence-electron chi connectivity index (χ0n) is 10.1. The highest BCUT2D eigenvalue weighted by Gasteiger charge is 2.16. The number of β-amino-alcohol motifs (C(OH)–C–C–N with tert-alkyl or cyclic N) is 1. The van der Waals surface area contributed by atoms with E-state index in [1.807, 2.05) is 24.3 Å². The average Bonchev–Trinajstić information content (AvgIpc) is 2.58. The van der Waals surface area contributed by atoms with Gasteiger partial charge in [0.15, 0.2) is 0 Å². The second kappa shape index (κ2) is 6.39. The SMILES string of the molecule is OC(CN1CCCCCC1)c1ccccc1Cl. The fourth-order valence-corrected chi connectivity index (χ4v) is 2.67. The molecule has 17 heavy (non-hydrogen) atoms. The van der Waals surface area contributed by atoms with Crippen molar-refractivity contribution < 1.29 is 5.11 Å². The summed E-state index contributed by atoms with van der Waals surface area (Å²) < 4.78 is 0. The molecule has 1 N–H and O–H groups in total. The summed E-state index contributed by atoms with van der Waals surface area (Å²) in [5.41, 5.74) is 0.846. The van der Waals surface area contributed by atoms with E-state index in [4.69, 9.17) is 11.6 Å². The van der Waals surface area contributed by atoms with Crippen molar-refractivity contribution in [3.8, 4) is 0 Å². The molecule has 0 aromatic heterocycles. The van der Waals surface area contributed by atoms with Crippen molar-refractivity contribution in [3.05, 3.63) is 34.9 Å². The van der Waals surface area contributed by atoms with Crippen molar-refractivity contribution in [1.82, 2.24) is 4.90 Å². The molecule has 0 spiro atoms. The van der Waals surface area contributed by atoms with Gasteiger partial charge in [0.05, 0.1) is 6.10 Å². The van der Waals surface area contributed by atoms with Gasteiger partial charge in [-0.05, 0) is 32.0 Å². The third-order valence-corrected chi connectivity index (χ3v) is 3.74. The summed E-state index contributed by atoms with van der Waals surface area (Å²) in [7, 11) is 0. The first-order chi connectivity index (χ1) is 8.27. The fourth-order valence-electron chi connectivity index (χ4n) is 2.41. The van der Waals surface area contributed by atoms with Crippen LogP contribution in [0.3, 0.4) is 0 Å². The van der Waals surface area contributed by atoms with Crippen LogP contribution in [0.4, 0.5) is 0 Å². The van der Waals surface area contributed by atoms with E-state index < -0.39 is 6.10 Å². The topological polar surface area (TPSA) is 23.5 Å². The molecule has 1 atom stereocenters. The van der Waals surface area contributed by atoms with Crippen LogP contribution in [-0.4, -0.2) is 29.6 Å². The molecule has 0 saturated carbocycles. The third kappa shape index (κ3) is 3.70. The van der Waals surface area contributed by atoms with Crippen LogP contribution in [-0.2, 0) is 0 Å². The van der Waals surface area contributed by atoms with Gasteiger partial charge >= 0.3 is 0 Å². The number of rotatable bonds is 3. The third-order valence-electron chi connectivity index (χ3n) is 3.39. The molecular weight excluding hydrogens is 234 g/mol. The summed E-state index contributed by atoms with van der Waals surface area (Å²) in [6.07, 6.45) is 4.66. The van der Waals surface area contributed by atoms with Crippen LogP contribution < -0.4 is 0 Å². The van der Waals surface area contributed by atoms with Crippen molar-refractivity contribution in [2.45, 2.75) is 31.8 Å². The number of benzene rings is 1. The molecule has 2 rings (SSSR count). The van der Waals surface area contributed by atoms with Crippen LogP contribution in [0, 0.1) is 0 Å². The first-order valence-electron chi connectivity index (χ1n) is 6.42. The smallest absolute Gasteiger partial charge is 0.0931 e. The van der Waals surface area contributed by atoms with E-state index in [9.17, 15) is 5.11 Å². The maximum absolute atomic E-state index is 10.2. The summed E-state index contributed by atoms with van der Waals surface area (Å²) in [6, 6.07) is 7.56. The zero-order valence-corrected chi connectivity index (χ0v) is 10.9. The molecule has 0 bridgehead atoms. The molecule has 1 aromatic rings. The minimum Gasteiger partial charge on any atom is -0.387 e. The highest BCUT2D eigenvalue weighted by Crippen LogP contribution is 2.24. The van der Waals surface area contributed by atoms with Gasteiger partial charge < -0.3 is 10.0 Å². The van der Waals surface area contributed by atoms with Crippen LogP contribution in [0.2, 0.25) is 5.02 Å². The van der Waals surface area contributed by atoms with Gasteiger partial charge in [-0.2, -0.15) is 0 Å². The zero-order chi connectivity index (χ0) is 12.1. The van der Waals surface area contributed by atoms with Gasteiger partial charge in [0.1, 0.15) is 0 Å². The molecule has 1 aliphatic rings. The number of hydrogen-bond donors (Lipinski definition) is 1. The van der Waals surface area contributed by atoms with Crippen molar-refractivity contribution in [2.24, 2.45) is 0 Å². The molecule has 1 unspecified atom stereocenters. The molecule has 3 heteroatoms. The molecule has 0 radical (unpaired) electrons. The Hall–Kier alpha value is -0.570. The Morgan fingerprint density at radius 3 is 2.41 bits per heavy atom. The van der Waals surface area contributed by atoms with E-state index in [1.54, 1.807) is 0 Å². The quantitative estimate of drug-likeness (QED) is 0.894. The Morgan fingerprint density at radius 2 is 1.76 bits per heavy atom. The highest BCUT2D eigenvalue weighted by molar-refractivity contribution is 6.31. The number of likely N-dealkylation sites (tertiary alicyclic amines) is 1. The normalized spacial score (nSPS) is 19.9. The predicted molar refractivity (Wildman–Crippen MR) is 71.3 cm³/mol. The van der Waals surface area contributed by atoms with Crippen LogP contribution >= 0.6 is 11.6 Å². The Kier molecular flexibility index (Phi) is 4.84. The largest absolute Gasteiger partial charge is 0.387 e. The maximum atomic E-state index is 10.2. The van der Waals surface area contributed by atoms with Crippen molar-refractivity contribution in [1.29, 1.82) is 0 Å². The predicted octanol–water partition coefficient (Wildman–Crippen LogP) is 3.25. The lowest BCUT2D eigenvalue weighted by molar-refractivity contribution is 0.115. The van der Waals surface area contributed by atoms with Crippen LogP contribution in [0.5, 0.6) is 0 Å². The molecule has 1 aromatic carbocycles. The molecule has 0 aliphatic carbocycles. The minimum absolute atomic E-state index is 0.471. The summed E-state index contributed by atoms with van der Waals surface area (Å²) in [5.74, 6) is 0. The molecule has 0 amide bonds. The van der Waals surface area contributed by atoms with Crippen molar-refractivity contribution in [2.75, 3.05) is 19.6 Å². The molecule has 1 heterocycles. The number of halogens is 1. The number of aliphatic hydroxyl groups excluding tert-OH is 1. The molecule has 1 fully saturated rings.